The number of rotatable bonds is 5. The minimum atomic E-state index is -0.461. The Labute approximate surface area is 152 Å². The van der Waals surface area contributed by atoms with E-state index < -0.39 is 12.0 Å². The molecule has 1 saturated heterocycles. The quantitative estimate of drug-likeness (QED) is 0.584. The van der Waals surface area contributed by atoms with Crippen LogP contribution in [0.1, 0.15) is 25.5 Å². The predicted octanol–water partition coefficient (Wildman–Crippen LogP) is 0.979. The van der Waals surface area contributed by atoms with Gasteiger partial charge in [-0.2, -0.15) is 0 Å². The maximum absolute atomic E-state index is 12.5. The minimum Gasteiger partial charge on any atom is -0.497 e. The molecule has 4 N–H and O–H groups in total. The second kappa shape index (κ2) is 7.76. The van der Waals surface area contributed by atoms with E-state index >= 15 is 0 Å². The van der Waals surface area contributed by atoms with Crippen LogP contribution in [-0.4, -0.2) is 38.3 Å². The molecule has 0 radical (unpaired) electrons. The van der Waals surface area contributed by atoms with Gasteiger partial charge < -0.3 is 20.1 Å². The number of amides is 2. The van der Waals surface area contributed by atoms with Gasteiger partial charge in [-0.1, -0.05) is 12.1 Å². The largest absolute Gasteiger partial charge is 0.497 e. The summed E-state index contributed by atoms with van der Waals surface area (Å²) in [7, 11) is 1.62. The first-order chi connectivity index (χ1) is 12.5. The molecule has 1 fully saturated rings. The number of carbonyl (C=O) groups excluding carboxylic acids is 2. The first-order valence-electron chi connectivity index (χ1n) is 8.63. The number of hydrogen-bond donors (Lipinski definition) is 4. The molecule has 1 aromatic rings. The molecule has 8 nitrogen and oxygen atoms in total. The Balaban J connectivity index is 1.91. The number of urea groups is 1. The molecule has 8 heteroatoms. The molecule has 0 saturated carbocycles. The van der Waals surface area contributed by atoms with E-state index in [0.717, 1.165) is 11.3 Å². The van der Waals surface area contributed by atoms with Crippen molar-refractivity contribution in [1.29, 1.82) is 0 Å². The van der Waals surface area contributed by atoms with Crippen LogP contribution < -0.4 is 26.2 Å². The number of carbonyl (C=O) groups is 2. The van der Waals surface area contributed by atoms with Crippen LogP contribution in [0.25, 0.3) is 0 Å². The molecule has 3 atom stereocenters. The Bertz CT molecular complexity index is 716. The highest BCUT2D eigenvalue weighted by Crippen LogP contribution is 2.33. The van der Waals surface area contributed by atoms with Gasteiger partial charge in [-0.05, 0) is 31.5 Å². The predicted molar refractivity (Wildman–Crippen MR) is 95.2 cm³/mol. The lowest BCUT2D eigenvalue weighted by Crippen LogP contribution is -2.54. The summed E-state index contributed by atoms with van der Waals surface area (Å²) in [5.41, 5.74) is 8.40. The third-order valence-corrected chi connectivity index (χ3v) is 4.72. The molecular formula is C18H24N4O4. The molecule has 2 heterocycles. The second-order valence-corrected chi connectivity index (χ2v) is 6.28. The van der Waals surface area contributed by atoms with E-state index in [2.05, 4.69) is 21.5 Å². The highest BCUT2D eigenvalue weighted by molar-refractivity contribution is 5.94. The fourth-order valence-electron chi connectivity index (χ4n) is 3.49. The number of benzene rings is 1. The van der Waals surface area contributed by atoms with Crippen molar-refractivity contribution in [3.63, 3.8) is 0 Å². The smallest absolute Gasteiger partial charge is 0.337 e. The fourth-order valence-corrected chi connectivity index (χ4v) is 3.49. The molecule has 1 aromatic carbocycles. The maximum Gasteiger partial charge on any atom is 0.337 e. The van der Waals surface area contributed by atoms with Gasteiger partial charge in [0.05, 0.1) is 31.4 Å². The van der Waals surface area contributed by atoms with Crippen LogP contribution in [0, 0.1) is 5.92 Å². The number of allylic oxidation sites excluding steroid dienone is 1. The Morgan fingerprint density at radius 3 is 2.62 bits per heavy atom. The van der Waals surface area contributed by atoms with Crippen LogP contribution in [0.5, 0.6) is 5.75 Å². The molecular weight excluding hydrogens is 336 g/mol. The summed E-state index contributed by atoms with van der Waals surface area (Å²) >= 11 is 0. The summed E-state index contributed by atoms with van der Waals surface area (Å²) in [5.74, 6) is 0.293. The van der Waals surface area contributed by atoms with Gasteiger partial charge in [0, 0.05) is 18.2 Å². The summed E-state index contributed by atoms with van der Waals surface area (Å²) in [5, 5.41) is 5.55. The minimum absolute atomic E-state index is 0.0659. The number of esters is 1. The molecule has 0 aliphatic carbocycles. The number of ether oxygens (including phenoxy) is 2. The van der Waals surface area contributed by atoms with Crippen LogP contribution in [0.2, 0.25) is 0 Å². The summed E-state index contributed by atoms with van der Waals surface area (Å²) in [6, 6.07) is 6.86. The van der Waals surface area contributed by atoms with E-state index in [1.165, 1.54) is 0 Å². The average molecular weight is 360 g/mol. The zero-order chi connectivity index (χ0) is 18.7. The van der Waals surface area contributed by atoms with Crippen LogP contribution in [0.15, 0.2) is 35.5 Å². The van der Waals surface area contributed by atoms with Gasteiger partial charge in [-0.3, -0.25) is 5.43 Å². The normalized spacial score (nSPS) is 25.5. The molecule has 140 valence electrons. The van der Waals surface area contributed by atoms with Crippen LogP contribution in [0.4, 0.5) is 4.79 Å². The number of methoxy groups -OCH3 is 1. The lowest BCUT2D eigenvalue weighted by Gasteiger charge is -2.33. The second-order valence-electron chi connectivity index (χ2n) is 6.28. The highest BCUT2D eigenvalue weighted by atomic mass is 16.5. The third-order valence-electron chi connectivity index (χ3n) is 4.72. The molecule has 3 unspecified atom stereocenters. The van der Waals surface area contributed by atoms with Gasteiger partial charge in [-0.25, -0.2) is 15.0 Å². The number of nitrogens with one attached hydrogen (secondary N) is 4. The summed E-state index contributed by atoms with van der Waals surface area (Å²) in [6.07, 6.45) is 0. The van der Waals surface area contributed by atoms with Gasteiger partial charge in [0.2, 0.25) is 0 Å². The van der Waals surface area contributed by atoms with Crippen molar-refractivity contribution >= 4 is 12.0 Å². The van der Waals surface area contributed by atoms with Gasteiger partial charge in [-0.15, -0.1) is 0 Å². The van der Waals surface area contributed by atoms with Crippen molar-refractivity contribution in [2.75, 3.05) is 20.3 Å². The van der Waals surface area contributed by atoms with Gasteiger partial charge in [0.1, 0.15) is 5.75 Å². The van der Waals surface area contributed by atoms with E-state index in [1.54, 1.807) is 21.0 Å². The monoisotopic (exact) mass is 360 g/mol. The average Bonchev–Trinajstić information content (AvgIpc) is 3.10. The van der Waals surface area contributed by atoms with Crippen molar-refractivity contribution in [1.82, 2.24) is 21.5 Å². The van der Waals surface area contributed by atoms with Crippen LogP contribution in [-0.2, 0) is 9.53 Å². The first kappa shape index (κ1) is 18.2. The van der Waals surface area contributed by atoms with Gasteiger partial charge in [0.15, 0.2) is 0 Å². The number of hydrogen-bond acceptors (Lipinski definition) is 6. The SMILES string of the molecule is CCOC(=O)C1=C(C)NC(=O)NC1C1CNNC1c1ccc(OC)cc1. The maximum atomic E-state index is 12.5. The van der Waals surface area contributed by atoms with Crippen molar-refractivity contribution in [3.8, 4) is 5.75 Å². The van der Waals surface area contributed by atoms with E-state index in [0.29, 0.717) is 17.8 Å². The van der Waals surface area contributed by atoms with Crippen LogP contribution in [0.3, 0.4) is 0 Å². The standard InChI is InChI=1S/C18H24N4O4/c1-4-26-17(23)14-10(2)20-18(24)21-16(14)13-9-19-22-15(13)11-5-7-12(25-3)8-6-11/h5-8,13,15-16,19,22H,4,9H2,1-3H3,(H2,20,21,24). The summed E-state index contributed by atoms with van der Waals surface area (Å²) in [6.45, 7) is 4.35. The Morgan fingerprint density at radius 2 is 1.96 bits per heavy atom. The fraction of sp³-hybridized carbons (Fsp3) is 0.444. The topological polar surface area (TPSA) is 101 Å². The highest BCUT2D eigenvalue weighted by Gasteiger charge is 2.42. The molecule has 0 aromatic heterocycles. The lowest BCUT2D eigenvalue weighted by atomic mass is 9.83. The van der Waals surface area contributed by atoms with Crippen molar-refractivity contribution in [3.05, 3.63) is 41.1 Å². The Hall–Kier alpha value is -2.58. The first-order valence-corrected chi connectivity index (χ1v) is 8.63. The molecule has 2 aliphatic rings. The lowest BCUT2D eigenvalue weighted by molar-refractivity contribution is -0.139. The van der Waals surface area contributed by atoms with E-state index in [4.69, 9.17) is 9.47 Å². The van der Waals surface area contributed by atoms with Crippen molar-refractivity contribution in [2.24, 2.45) is 5.92 Å². The molecule has 0 spiro atoms. The van der Waals surface area contributed by atoms with E-state index in [9.17, 15) is 9.59 Å². The summed E-state index contributed by atoms with van der Waals surface area (Å²) < 4.78 is 10.4. The van der Waals surface area contributed by atoms with Crippen molar-refractivity contribution in [2.45, 2.75) is 25.9 Å². The molecule has 3 rings (SSSR count). The van der Waals surface area contributed by atoms with Crippen molar-refractivity contribution < 1.29 is 19.1 Å². The van der Waals surface area contributed by atoms with Gasteiger partial charge >= 0.3 is 12.0 Å². The molecule has 0 bridgehead atoms. The molecule has 26 heavy (non-hydrogen) atoms. The van der Waals surface area contributed by atoms with E-state index in [-0.39, 0.29) is 24.6 Å². The zero-order valence-corrected chi connectivity index (χ0v) is 15.1. The zero-order valence-electron chi connectivity index (χ0n) is 15.1. The molecule has 2 amide bonds. The van der Waals surface area contributed by atoms with Gasteiger partial charge in [0.25, 0.3) is 0 Å². The summed E-state index contributed by atoms with van der Waals surface area (Å²) in [4.78, 5) is 24.5. The third kappa shape index (κ3) is 3.51. The number of hydrazine groups is 1. The Kier molecular flexibility index (Phi) is 5.43. The van der Waals surface area contributed by atoms with E-state index in [1.807, 2.05) is 24.3 Å². The van der Waals surface area contributed by atoms with Crippen LogP contribution >= 0.6 is 0 Å². The Morgan fingerprint density at radius 1 is 1.23 bits per heavy atom. The molecule has 2 aliphatic heterocycles.